The Balaban J connectivity index is 2.00. The number of hydrogen-bond acceptors (Lipinski definition) is 3. The predicted molar refractivity (Wildman–Crippen MR) is 78.1 cm³/mol. The minimum Gasteiger partial charge on any atom is -0.504 e. The summed E-state index contributed by atoms with van der Waals surface area (Å²) in [6, 6.07) is 4.96. The molecule has 4 nitrogen and oxygen atoms in total. The lowest BCUT2D eigenvalue weighted by Gasteiger charge is -2.32. The molecule has 0 radical (unpaired) electrons. The number of nitrogens with one attached hydrogen (secondary N) is 1. The van der Waals surface area contributed by atoms with Gasteiger partial charge in [0.2, 0.25) is 0 Å². The van der Waals surface area contributed by atoms with E-state index in [9.17, 15) is 9.90 Å². The van der Waals surface area contributed by atoms with Crippen LogP contribution in [0.4, 0.5) is 0 Å². The number of carbonyl (C=O) groups excluding carboxylic acids is 1. The molecule has 2 rings (SSSR count). The number of aromatic hydroxyl groups is 1. The van der Waals surface area contributed by atoms with Crippen molar-refractivity contribution in [2.75, 3.05) is 7.11 Å². The third kappa shape index (κ3) is 3.24. The molecule has 0 heterocycles. The van der Waals surface area contributed by atoms with Gasteiger partial charge in [0.15, 0.2) is 11.5 Å². The number of phenolic OH excluding ortho intramolecular Hbond substituents is 1. The number of methoxy groups -OCH3 is 1. The fourth-order valence-corrected chi connectivity index (χ4v) is 2.78. The van der Waals surface area contributed by atoms with Crippen molar-refractivity contribution in [3.05, 3.63) is 23.8 Å². The van der Waals surface area contributed by atoms with Gasteiger partial charge < -0.3 is 15.2 Å². The molecule has 1 fully saturated rings. The van der Waals surface area contributed by atoms with Gasteiger partial charge in [0.1, 0.15) is 0 Å². The van der Waals surface area contributed by atoms with E-state index in [-0.39, 0.29) is 17.7 Å². The van der Waals surface area contributed by atoms with Gasteiger partial charge in [0.25, 0.3) is 5.91 Å². The Morgan fingerprint density at radius 3 is 2.65 bits per heavy atom. The lowest BCUT2D eigenvalue weighted by molar-refractivity contribution is 0.0910. The van der Waals surface area contributed by atoms with Crippen LogP contribution in [0.15, 0.2) is 18.2 Å². The van der Waals surface area contributed by atoms with E-state index in [1.165, 1.54) is 13.2 Å². The van der Waals surface area contributed by atoms with E-state index < -0.39 is 0 Å². The molecular formula is C16H23NO3. The van der Waals surface area contributed by atoms with E-state index >= 15 is 0 Å². The number of ether oxygens (including phenoxy) is 1. The third-order valence-corrected chi connectivity index (χ3v) is 4.37. The molecule has 110 valence electrons. The van der Waals surface area contributed by atoms with Crippen LogP contribution in [0.2, 0.25) is 0 Å². The summed E-state index contributed by atoms with van der Waals surface area (Å²) in [4.78, 5) is 12.2. The van der Waals surface area contributed by atoms with Gasteiger partial charge in [-0.15, -0.1) is 0 Å². The molecule has 1 aromatic rings. The maximum atomic E-state index is 12.2. The van der Waals surface area contributed by atoms with Crippen LogP contribution in [0.25, 0.3) is 0 Å². The fourth-order valence-electron chi connectivity index (χ4n) is 2.78. The Morgan fingerprint density at radius 1 is 1.30 bits per heavy atom. The van der Waals surface area contributed by atoms with E-state index in [1.54, 1.807) is 12.1 Å². The van der Waals surface area contributed by atoms with Crippen molar-refractivity contribution in [2.24, 2.45) is 11.8 Å². The van der Waals surface area contributed by atoms with Crippen molar-refractivity contribution >= 4 is 5.91 Å². The monoisotopic (exact) mass is 277 g/mol. The summed E-state index contributed by atoms with van der Waals surface area (Å²) in [7, 11) is 1.49. The second kappa shape index (κ2) is 6.16. The van der Waals surface area contributed by atoms with E-state index in [0.29, 0.717) is 17.2 Å². The molecule has 1 saturated carbocycles. The Hall–Kier alpha value is -1.71. The molecule has 3 atom stereocenters. The molecule has 0 aliphatic heterocycles. The first-order chi connectivity index (χ1) is 9.51. The normalized spacial score (nSPS) is 26.1. The Morgan fingerprint density at radius 2 is 2.05 bits per heavy atom. The molecule has 1 aromatic carbocycles. The van der Waals surface area contributed by atoms with E-state index in [4.69, 9.17) is 4.74 Å². The van der Waals surface area contributed by atoms with E-state index in [0.717, 1.165) is 25.2 Å². The third-order valence-electron chi connectivity index (χ3n) is 4.37. The van der Waals surface area contributed by atoms with E-state index in [2.05, 4.69) is 19.2 Å². The molecule has 1 aliphatic carbocycles. The van der Waals surface area contributed by atoms with Crippen molar-refractivity contribution in [1.29, 1.82) is 0 Å². The molecule has 3 unspecified atom stereocenters. The zero-order chi connectivity index (χ0) is 14.7. The standard InChI is InChI=1S/C16H23NO3/c1-10-4-6-13(8-11(10)2)17-16(19)12-5-7-15(20-3)14(18)9-12/h5,7,9-11,13,18H,4,6,8H2,1-3H3,(H,17,19). The highest BCUT2D eigenvalue weighted by atomic mass is 16.5. The van der Waals surface area contributed by atoms with E-state index in [1.807, 2.05) is 0 Å². The molecule has 1 amide bonds. The van der Waals surface area contributed by atoms with Crippen LogP contribution in [-0.4, -0.2) is 24.2 Å². The first-order valence-corrected chi connectivity index (χ1v) is 7.19. The molecule has 0 spiro atoms. The average Bonchev–Trinajstić information content (AvgIpc) is 2.42. The SMILES string of the molecule is COc1ccc(C(=O)NC2CCC(C)C(C)C2)cc1O. The number of rotatable bonds is 3. The highest BCUT2D eigenvalue weighted by Crippen LogP contribution is 2.30. The maximum absolute atomic E-state index is 12.2. The predicted octanol–water partition coefficient (Wildman–Crippen LogP) is 2.96. The van der Waals surface area contributed by atoms with Crippen LogP contribution in [0.1, 0.15) is 43.5 Å². The van der Waals surface area contributed by atoms with Crippen molar-refractivity contribution in [3.8, 4) is 11.5 Å². The van der Waals surface area contributed by atoms with Gasteiger partial charge in [-0.2, -0.15) is 0 Å². The lowest BCUT2D eigenvalue weighted by Crippen LogP contribution is -2.39. The Kier molecular flexibility index (Phi) is 4.53. The Bertz CT molecular complexity index is 487. The number of hydrogen-bond donors (Lipinski definition) is 2. The second-order valence-electron chi connectivity index (χ2n) is 5.82. The number of carbonyl (C=O) groups is 1. The van der Waals surface area contributed by atoms with Crippen molar-refractivity contribution in [1.82, 2.24) is 5.32 Å². The molecule has 0 bridgehead atoms. The highest BCUT2D eigenvalue weighted by molar-refractivity contribution is 5.95. The summed E-state index contributed by atoms with van der Waals surface area (Å²) < 4.78 is 4.97. The van der Waals surface area contributed by atoms with Crippen LogP contribution in [0.3, 0.4) is 0 Å². The van der Waals surface area contributed by atoms with Crippen molar-refractivity contribution < 1.29 is 14.6 Å². The molecular weight excluding hydrogens is 254 g/mol. The first-order valence-electron chi connectivity index (χ1n) is 7.19. The fraction of sp³-hybridized carbons (Fsp3) is 0.562. The van der Waals surface area contributed by atoms with Gasteiger partial charge in [0.05, 0.1) is 7.11 Å². The topological polar surface area (TPSA) is 58.6 Å². The first kappa shape index (κ1) is 14.7. The van der Waals surface area contributed by atoms with Gasteiger partial charge in [-0.05, 0) is 49.3 Å². The smallest absolute Gasteiger partial charge is 0.251 e. The number of phenols is 1. The minimum atomic E-state index is -0.130. The number of amides is 1. The quantitative estimate of drug-likeness (QED) is 0.893. The van der Waals surface area contributed by atoms with Gasteiger partial charge in [-0.3, -0.25) is 4.79 Å². The van der Waals surface area contributed by atoms with Crippen LogP contribution >= 0.6 is 0 Å². The van der Waals surface area contributed by atoms with Gasteiger partial charge in [-0.1, -0.05) is 13.8 Å². The molecule has 1 aliphatic rings. The molecule has 2 N–H and O–H groups in total. The second-order valence-corrected chi connectivity index (χ2v) is 5.82. The lowest BCUT2D eigenvalue weighted by atomic mass is 9.79. The zero-order valence-electron chi connectivity index (χ0n) is 12.3. The van der Waals surface area contributed by atoms with Crippen LogP contribution in [0, 0.1) is 11.8 Å². The summed E-state index contributed by atoms with van der Waals surface area (Å²) in [5, 5.41) is 12.8. The van der Waals surface area contributed by atoms with Gasteiger partial charge in [-0.25, -0.2) is 0 Å². The van der Waals surface area contributed by atoms with Crippen LogP contribution in [0.5, 0.6) is 11.5 Å². The van der Waals surface area contributed by atoms with Gasteiger partial charge >= 0.3 is 0 Å². The average molecular weight is 277 g/mol. The maximum Gasteiger partial charge on any atom is 0.251 e. The summed E-state index contributed by atoms with van der Waals surface area (Å²) in [6.07, 6.45) is 3.20. The van der Waals surface area contributed by atoms with Gasteiger partial charge in [0, 0.05) is 11.6 Å². The molecule has 0 aromatic heterocycles. The summed E-state index contributed by atoms with van der Waals surface area (Å²) >= 11 is 0. The van der Waals surface area contributed by atoms with Crippen molar-refractivity contribution in [2.45, 2.75) is 39.2 Å². The zero-order valence-corrected chi connectivity index (χ0v) is 12.3. The summed E-state index contributed by atoms with van der Waals surface area (Å²) in [5.41, 5.74) is 0.467. The van der Waals surface area contributed by atoms with Crippen molar-refractivity contribution in [3.63, 3.8) is 0 Å². The van der Waals surface area contributed by atoms with Crippen LogP contribution < -0.4 is 10.1 Å². The van der Waals surface area contributed by atoms with Crippen LogP contribution in [-0.2, 0) is 0 Å². The summed E-state index contributed by atoms with van der Waals surface area (Å²) in [6.45, 7) is 4.51. The molecule has 20 heavy (non-hydrogen) atoms. The molecule has 4 heteroatoms. The summed E-state index contributed by atoms with van der Waals surface area (Å²) in [5.74, 6) is 1.61. The molecule has 0 saturated heterocycles. The highest BCUT2D eigenvalue weighted by Gasteiger charge is 2.25. The Labute approximate surface area is 120 Å². The minimum absolute atomic E-state index is 0.00853. The number of benzene rings is 1. The largest absolute Gasteiger partial charge is 0.504 e.